The van der Waals surface area contributed by atoms with Gasteiger partial charge in [0.15, 0.2) is 0 Å². The Morgan fingerprint density at radius 1 is 1.37 bits per heavy atom. The van der Waals surface area contributed by atoms with Gasteiger partial charge in [0.25, 0.3) is 0 Å². The summed E-state index contributed by atoms with van der Waals surface area (Å²) < 4.78 is 5.33. The molecule has 2 nitrogen and oxygen atoms in total. The van der Waals surface area contributed by atoms with Crippen LogP contribution < -0.4 is 10.1 Å². The van der Waals surface area contributed by atoms with E-state index < -0.39 is 0 Å². The Labute approximate surface area is 118 Å². The van der Waals surface area contributed by atoms with Gasteiger partial charge in [-0.2, -0.15) is 0 Å². The summed E-state index contributed by atoms with van der Waals surface area (Å²) in [4.78, 5) is 1.44. The van der Waals surface area contributed by atoms with Gasteiger partial charge in [-0.1, -0.05) is 6.07 Å². The molecule has 100 valence electrons. The lowest BCUT2D eigenvalue weighted by Gasteiger charge is -2.14. The maximum Gasteiger partial charge on any atom is 0.119 e. The average Bonchev–Trinajstić information content (AvgIpc) is 3.02. The van der Waals surface area contributed by atoms with E-state index in [4.69, 9.17) is 4.74 Å². The average molecular weight is 273 g/mol. The number of thiophene rings is 1. The van der Waals surface area contributed by atoms with E-state index in [1.54, 1.807) is 7.11 Å². The number of ether oxygens (including phenoxy) is 1. The summed E-state index contributed by atoms with van der Waals surface area (Å²) in [5.41, 5.74) is 4.26. The molecule has 0 amide bonds. The Kier molecular flexibility index (Phi) is 3.58. The lowest BCUT2D eigenvalue weighted by molar-refractivity contribution is 0.413. The van der Waals surface area contributed by atoms with Crippen LogP contribution in [0.2, 0.25) is 0 Å². The molecule has 0 fully saturated rings. The fraction of sp³-hybridized carbons (Fsp3) is 0.375. The highest BCUT2D eigenvalue weighted by Crippen LogP contribution is 2.34. The SMILES string of the molecule is COc1ccc2c(c1)C(NCc1sccc1C)CC2. The Morgan fingerprint density at radius 3 is 3.00 bits per heavy atom. The number of rotatable bonds is 4. The molecule has 1 aromatic heterocycles. The molecular weight excluding hydrogens is 254 g/mol. The van der Waals surface area contributed by atoms with Gasteiger partial charge in [-0.25, -0.2) is 0 Å². The van der Waals surface area contributed by atoms with Crippen LogP contribution in [0, 0.1) is 6.92 Å². The van der Waals surface area contributed by atoms with Crippen LogP contribution in [-0.2, 0) is 13.0 Å². The maximum absolute atomic E-state index is 5.33. The normalized spacial score (nSPS) is 17.5. The molecule has 19 heavy (non-hydrogen) atoms. The molecule has 1 aromatic carbocycles. The van der Waals surface area contributed by atoms with Crippen molar-refractivity contribution < 1.29 is 4.74 Å². The van der Waals surface area contributed by atoms with E-state index in [-0.39, 0.29) is 0 Å². The minimum Gasteiger partial charge on any atom is -0.497 e. The van der Waals surface area contributed by atoms with Crippen molar-refractivity contribution in [2.45, 2.75) is 32.4 Å². The number of aryl methyl sites for hydroxylation is 2. The fourth-order valence-corrected chi connectivity index (χ4v) is 3.58. The topological polar surface area (TPSA) is 21.3 Å². The molecule has 2 aromatic rings. The number of hydrogen-bond acceptors (Lipinski definition) is 3. The van der Waals surface area contributed by atoms with Gasteiger partial charge in [0, 0.05) is 17.5 Å². The second-order valence-corrected chi connectivity index (χ2v) is 6.06. The Hall–Kier alpha value is -1.32. The van der Waals surface area contributed by atoms with Crippen molar-refractivity contribution in [3.63, 3.8) is 0 Å². The fourth-order valence-electron chi connectivity index (χ4n) is 2.72. The Bertz CT molecular complexity index is 576. The highest BCUT2D eigenvalue weighted by Gasteiger charge is 2.22. The second-order valence-electron chi connectivity index (χ2n) is 5.06. The molecule has 1 N–H and O–H groups in total. The first-order valence-electron chi connectivity index (χ1n) is 6.71. The predicted molar refractivity (Wildman–Crippen MR) is 80.0 cm³/mol. The largest absolute Gasteiger partial charge is 0.497 e. The molecule has 1 heterocycles. The summed E-state index contributed by atoms with van der Waals surface area (Å²) in [5.74, 6) is 0.958. The zero-order valence-corrected chi connectivity index (χ0v) is 12.2. The summed E-state index contributed by atoms with van der Waals surface area (Å²) in [7, 11) is 1.73. The van der Waals surface area contributed by atoms with Crippen molar-refractivity contribution in [2.24, 2.45) is 0 Å². The molecule has 1 unspecified atom stereocenters. The van der Waals surface area contributed by atoms with Gasteiger partial charge >= 0.3 is 0 Å². The molecule has 1 aliphatic rings. The van der Waals surface area contributed by atoms with Gasteiger partial charge < -0.3 is 10.1 Å². The third kappa shape index (κ3) is 2.53. The molecule has 1 atom stereocenters. The van der Waals surface area contributed by atoms with Gasteiger partial charge in [-0.05, 0) is 60.0 Å². The summed E-state index contributed by atoms with van der Waals surface area (Å²) in [6, 6.07) is 9.09. The molecule has 3 heteroatoms. The van der Waals surface area contributed by atoms with E-state index in [1.165, 1.54) is 34.4 Å². The maximum atomic E-state index is 5.33. The van der Waals surface area contributed by atoms with Gasteiger partial charge in [-0.15, -0.1) is 11.3 Å². The van der Waals surface area contributed by atoms with Crippen molar-refractivity contribution in [2.75, 3.05) is 7.11 Å². The molecule has 0 radical (unpaired) electrons. The minimum atomic E-state index is 0.464. The van der Waals surface area contributed by atoms with Crippen molar-refractivity contribution in [1.82, 2.24) is 5.32 Å². The molecule has 1 aliphatic carbocycles. The number of benzene rings is 1. The first-order valence-corrected chi connectivity index (χ1v) is 7.59. The molecule has 0 saturated heterocycles. The quantitative estimate of drug-likeness (QED) is 0.914. The van der Waals surface area contributed by atoms with Crippen LogP contribution >= 0.6 is 11.3 Å². The number of hydrogen-bond donors (Lipinski definition) is 1. The first-order chi connectivity index (χ1) is 9.28. The van der Waals surface area contributed by atoms with Crippen LogP contribution in [0.3, 0.4) is 0 Å². The number of methoxy groups -OCH3 is 1. The van der Waals surface area contributed by atoms with Crippen LogP contribution in [0.25, 0.3) is 0 Å². The van der Waals surface area contributed by atoms with Crippen LogP contribution in [0.15, 0.2) is 29.6 Å². The van der Waals surface area contributed by atoms with Crippen LogP contribution in [0.4, 0.5) is 0 Å². The van der Waals surface area contributed by atoms with E-state index in [0.29, 0.717) is 6.04 Å². The van der Waals surface area contributed by atoms with Gasteiger partial charge in [0.2, 0.25) is 0 Å². The van der Waals surface area contributed by atoms with E-state index in [1.807, 2.05) is 11.3 Å². The molecule has 3 rings (SSSR count). The highest BCUT2D eigenvalue weighted by molar-refractivity contribution is 7.10. The van der Waals surface area contributed by atoms with E-state index in [0.717, 1.165) is 12.3 Å². The molecule has 0 aliphatic heterocycles. The lowest BCUT2D eigenvalue weighted by Crippen LogP contribution is -2.18. The van der Waals surface area contributed by atoms with Gasteiger partial charge in [0.1, 0.15) is 5.75 Å². The van der Waals surface area contributed by atoms with Gasteiger partial charge in [0.05, 0.1) is 7.11 Å². The Balaban J connectivity index is 1.73. The number of nitrogens with one attached hydrogen (secondary N) is 1. The van der Waals surface area contributed by atoms with E-state index >= 15 is 0 Å². The second kappa shape index (κ2) is 5.35. The third-order valence-electron chi connectivity index (χ3n) is 3.91. The van der Waals surface area contributed by atoms with Gasteiger partial charge in [-0.3, -0.25) is 0 Å². The summed E-state index contributed by atoms with van der Waals surface area (Å²) in [6.07, 6.45) is 2.35. The number of fused-ring (bicyclic) bond motifs is 1. The summed E-state index contributed by atoms with van der Waals surface area (Å²) in [5, 5.41) is 5.85. The summed E-state index contributed by atoms with van der Waals surface area (Å²) >= 11 is 1.83. The summed E-state index contributed by atoms with van der Waals surface area (Å²) in [6.45, 7) is 3.14. The van der Waals surface area contributed by atoms with E-state index in [2.05, 4.69) is 41.9 Å². The molecule has 0 saturated carbocycles. The monoisotopic (exact) mass is 273 g/mol. The third-order valence-corrected chi connectivity index (χ3v) is 4.93. The van der Waals surface area contributed by atoms with Crippen molar-refractivity contribution in [1.29, 1.82) is 0 Å². The highest BCUT2D eigenvalue weighted by atomic mass is 32.1. The van der Waals surface area contributed by atoms with Crippen molar-refractivity contribution in [3.05, 3.63) is 51.2 Å². The smallest absolute Gasteiger partial charge is 0.119 e. The zero-order valence-electron chi connectivity index (χ0n) is 11.4. The standard InChI is InChI=1S/C16H19NOS/c1-11-7-8-19-16(11)10-17-15-6-4-12-3-5-13(18-2)9-14(12)15/h3,5,7-9,15,17H,4,6,10H2,1-2H3. The molecule has 0 bridgehead atoms. The minimum absolute atomic E-state index is 0.464. The van der Waals surface area contributed by atoms with Crippen LogP contribution in [0.1, 0.15) is 34.0 Å². The first kappa shape index (κ1) is 12.7. The zero-order chi connectivity index (χ0) is 13.2. The molecule has 0 spiro atoms. The Morgan fingerprint density at radius 2 is 2.26 bits per heavy atom. The van der Waals surface area contributed by atoms with E-state index in [9.17, 15) is 0 Å². The van der Waals surface area contributed by atoms with Crippen LogP contribution in [0.5, 0.6) is 5.75 Å². The predicted octanol–water partition coefficient (Wildman–Crippen LogP) is 3.84. The van der Waals surface area contributed by atoms with Crippen molar-refractivity contribution in [3.8, 4) is 5.75 Å². The lowest BCUT2D eigenvalue weighted by atomic mass is 10.1. The molecular formula is C16H19NOS. The van der Waals surface area contributed by atoms with Crippen LogP contribution in [-0.4, -0.2) is 7.11 Å². The van der Waals surface area contributed by atoms with Crippen molar-refractivity contribution >= 4 is 11.3 Å².